The summed E-state index contributed by atoms with van der Waals surface area (Å²) in [5.41, 5.74) is 7.00. The van der Waals surface area contributed by atoms with Crippen LogP contribution in [0.25, 0.3) is 0 Å². The van der Waals surface area contributed by atoms with Crippen LogP contribution in [-0.2, 0) is 0 Å². The molecule has 1 unspecified atom stereocenters. The van der Waals surface area contributed by atoms with E-state index in [2.05, 4.69) is 47.7 Å². The van der Waals surface area contributed by atoms with Gasteiger partial charge in [0, 0.05) is 0 Å². The lowest BCUT2D eigenvalue weighted by atomic mass is 10.1. The first-order valence-electron chi connectivity index (χ1n) is 2.99. The molecule has 0 saturated carbocycles. The van der Waals surface area contributed by atoms with Crippen LogP contribution < -0.4 is 5.73 Å². The van der Waals surface area contributed by atoms with Crippen molar-refractivity contribution >= 4 is 22.6 Å². The summed E-state index contributed by atoms with van der Waals surface area (Å²) < 4.78 is 0.188. The van der Waals surface area contributed by atoms with Crippen molar-refractivity contribution in [1.29, 1.82) is 0 Å². The van der Waals surface area contributed by atoms with Gasteiger partial charge in [0.15, 0.2) is 0 Å². The Bertz CT molecular complexity index is 158. The molecular weight excluding hydrogens is 225 g/mol. The molecule has 0 fully saturated rings. The van der Waals surface area contributed by atoms with Crippen molar-refractivity contribution < 1.29 is 0 Å². The van der Waals surface area contributed by atoms with Gasteiger partial charge in [-0.25, -0.2) is 0 Å². The molecule has 1 nitrogen and oxygen atoms in total. The highest BCUT2D eigenvalue weighted by Gasteiger charge is 2.12. The minimum absolute atomic E-state index is 0.188. The van der Waals surface area contributed by atoms with Gasteiger partial charge < -0.3 is 5.73 Å². The van der Waals surface area contributed by atoms with Crippen LogP contribution in [0.4, 0.5) is 0 Å². The predicted octanol–water partition coefficient (Wildman–Crippen LogP) is 1.84. The number of rotatable bonds is 1. The topological polar surface area (TPSA) is 26.0 Å². The van der Waals surface area contributed by atoms with Crippen LogP contribution in [0.3, 0.4) is 0 Å². The molecule has 1 aliphatic rings. The summed E-state index contributed by atoms with van der Waals surface area (Å²) in [6, 6.07) is 0. The van der Waals surface area contributed by atoms with E-state index >= 15 is 0 Å². The van der Waals surface area contributed by atoms with Crippen LogP contribution in [0.1, 0.15) is 6.92 Å². The molecular formula is C7H10IN. The maximum atomic E-state index is 5.67. The van der Waals surface area contributed by atoms with Gasteiger partial charge in [0.2, 0.25) is 0 Å². The Morgan fingerprint density at radius 1 is 1.78 bits per heavy atom. The zero-order valence-corrected chi connectivity index (χ0v) is 7.50. The molecule has 0 aromatic heterocycles. The molecule has 1 rings (SSSR count). The lowest BCUT2D eigenvalue weighted by Crippen LogP contribution is -2.16. The Morgan fingerprint density at radius 2 is 2.44 bits per heavy atom. The SMILES string of the molecule is CC1C=CC=C1[C@@H](N)I. The van der Waals surface area contributed by atoms with Crippen LogP contribution >= 0.6 is 22.6 Å². The molecule has 0 aromatic rings. The second kappa shape index (κ2) is 2.84. The van der Waals surface area contributed by atoms with Gasteiger partial charge in [-0.15, -0.1) is 0 Å². The maximum absolute atomic E-state index is 5.67. The fourth-order valence-corrected chi connectivity index (χ4v) is 1.71. The molecule has 2 atom stereocenters. The highest BCUT2D eigenvalue weighted by atomic mass is 127. The van der Waals surface area contributed by atoms with Gasteiger partial charge in [-0.1, -0.05) is 47.7 Å². The second-order valence-corrected chi connectivity index (χ2v) is 3.58. The van der Waals surface area contributed by atoms with Crippen molar-refractivity contribution in [1.82, 2.24) is 0 Å². The molecule has 2 N–H and O–H groups in total. The minimum atomic E-state index is 0.188. The molecule has 50 valence electrons. The third-order valence-electron chi connectivity index (χ3n) is 1.53. The van der Waals surface area contributed by atoms with Crippen LogP contribution in [0.5, 0.6) is 0 Å². The zero-order valence-electron chi connectivity index (χ0n) is 5.34. The molecule has 0 aliphatic heterocycles. The van der Waals surface area contributed by atoms with Gasteiger partial charge in [0.25, 0.3) is 0 Å². The van der Waals surface area contributed by atoms with Crippen LogP contribution in [-0.4, -0.2) is 4.05 Å². The van der Waals surface area contributed by atoms with E-state index in [0.29, 0.717) is 5.92 Å². The van der Waals surface area contributed by atoms with Crippen molar-refractivity contribution in [2.45, 2.75) is 11.0 Å². The van der Waals surface area contributed by atoms with Crippen molar-refractivity contribution in [3.8, 4) is 0 Å². The number of allylic oxidation sites excluding steroid dienone is 3. The minimum Gasteiger partial charge on any atom is -0.316 e. The highest BCUT2D eigenvalue weighted by molar-refractivity contribution is 14.1. The van der Waals surface area contributed by atoms with E-state index in [1.54, 1.807) is 0 Å². The fourth-order valence-electron chi connectivity index (χ4n) is 0.939. The monoisotopic (exact) mass is 235 g/mol. The summed E-state index contributed by atoms with van der Waals surface area (Å²) in [7, 11) is 0. The quantitative estimate of drug-likeness (QED) is 0.419. The smallest absolute Gasteiger partial charge is 0.0792 e. The fraction of sp³-hybridized carbons (Fsp3) is 0.429. The van der Waals surface area contributed by atoms with E-state index in [0.717, 1.165) is 0 Å². The Morgan fingerprint density at radius 3 is 2.67 bits per heavy atom. The average Bonchev–Trinajstić information content (AvgIpc) is 2.13. The van der Waals surface area contributed by atoms with Gasteiger partial charge in [-0.2, -0.15) is 0 Å². The van der Waals surface area contributed by atoms with Crippen LogP contribution in [0.15, 0.2) is 23.8 Å². The van der Waals surface area contributed by atoms with E-state index in [-0.39, 0.29) is 4.05 Å². The van der Waals surface area contributed by atoms with E-state index in [1.165, 1.54) is 5.57 Å². The standard InChI is InChI=1S/C7H10IN/c1-5-3-2-4-6(5)7(8)9/h2-5,7H,9H2,1H3/t5?,7-/m1/s1. The molecule has 0 aromatic carbocycles. The number of halogens is 1. The number of nitrogens with two attached hydrogens (primary N) is 1. The first-order valence-corrected chi connectivity index (χ1v) is 4.24. The molecule has 0 amide bonds. The van der Waals surface area contributed by atoms with Gasteiger partial charge in [0.1, 0.15) is 0 Å². The van der Waals surface area contributed by atoms with Crippen molar-refractivity contribution in [3.05, 3.63) is 23.8 Å². The summed E-state index contributed by atoms with van der Waals surface area (Å²) in [6.07, 6.45) is 6.33. The van der Waals surface area contributed by atoms with Gasteiger partial charge >= 0.3 is 0 Å². The second-order valence-electron chi connectivity index (χ2n) is 2.24. The third-order valence-corrected chi connectivity index (χ3v) is 2.25. The predicted molar refractivity (Wildman–Crippen MR) is 48.4 cm³/mol. The summed E-state index contributed by atoms with van der Waals surface area (Å²) in [6.45, 7) is 2.16. The summed E-state index contributed by atoms with van der Waals surface area (Å²) in [5.74, 6) is 0.553. The molecule has 0 saturated heterocycles. The number of alkyl halides is 1. The molecule has 1 aliphatic carbocycles. The van der Waals surface area contributed by atoms with E-state index in [4.69, 9.17) is 5.73 Å². The van der Waals surface area contributed by atoms with Gasteiger partial charge in [0.05, 0.1) is 4.05 Å². The van der Waals surface area contributed by atoms with E-state index in [9.17, 15) is 0 Å². The third kappa shape index (κ3) is 1.55. The van der Waals surface area contributed by atoms with Gasteiger partial charge in [-0.05, 0) is 11.5 Å². The molecule has 0 heterocycles. The normalized spacial score (nSPS) is 28.3. The highest BCUT2D eigenvalue weighted by Crippen LogP contribution is 2.23. The molecule has 0 bridgehead atoms. The van der Waals surface area contributed by atoms with Crippen LogP contribution in [0, 0.1) is 5.92 Å². The zero-order chi connectivity index (χ0) is 6.85. The first kappa shape index (κ1) is 7.28. The Balaban J connectivity index is 2.64. The Kier molecular flexibility index (Phi) is 2.29. The molecule has 9 heavy (non-hydrogen) atoms. The summed E-state index contributed by atoms with van der Waals surface area (Å²) >= 11 is 2.23. The summed E-state index contributed by atoms with van der Waals surface area (Å²) in [5, 5.41) is 0. The summed E-state index contributed by atoms with van der Waals surface area (Å²) in [4.78, 5) is 0. The van der Waals surface area contributed by atoms with Crippen molar-refractivity contribution in [2.75, 3.05) is 0 Å². The Labute approximate surface area is 69.1 Å². The van der Waals surface area contributed by atoms with E-state index in [1.807, 2.05) is 0 Å². The first-order chi connectivity index (χ1) is 4.22. The Hall–Kier alpha value is 0.170. The molecule has 0 spiro atoms. The van der Waals surface area contributed by atoms with Crippen molar-refractivity contribution in [2.24, 2.45) is 11.7 Å². The maximum Gasteiger partial charge on any atom is 0.0792 e. The molecule has 0 radical (unpaired) electrons. The van der Waals surface area contributed by atoms with Gasteiger partial charge in [-0.3, -0.25) is 0 Å². The lowest BCUT2D eigenvalue weighted by molar-refractivity contribution is 0.834. The van der Waals surface area contributed by atoms with Crippen LogP contribution in [0.2, 0.25) is 0 Å². The lowest BCUT2D eigenvalue weighted by Gasteiger charge is -2.09. The average molecular weight is 235 g/mol. The largest absolute Gasteiger partial charge is 0.316 e. The number of hydrogen-bond acceptors (Lipinski definition) is 1. The van der Waals surface area contributed by atoms with Crippen molar-refractivity contribution in [3.63, 3.8) is 0 Å². The van der Waals surface area contributed by atoms with E-state index < -0.39 is 0 Å². The molecule has 2 heteroatoms. The number of hydrogen-bond donors (Lipinski definition) is 1.